The van der Waals surface area contributed by atoms with Crippen molar-refractivity contribution in [1.82, 2.24) is 14.5 Å². The Kier molecular flexibility index (Phi) is 6.29. The van der Waals surface area contributed by atoms with Gasteiger partial charge in [-0.3, -0.25) is 9.69 Å². The van der Waals surface area contributed by atoms with Crippen molar-refractivity contribution in [2.45, 2.75) is 19.9 Å². The highest BCUT2D eigenvalue weighted by atomic mass is 35.5. The second-order valence-electron chi connectivity index (χ2n) is 6.75. The summed E-state index contributed by atoms with van der Waals surface area (Å²) in [6.07, 6.45) is 6.11. The normalized spacial score (nSPS) is 11.2. The van der Waals surface area contributed by atoms with Crippen LogP contribution in [0.4, 0.5) is 5.13 Å². The zero-order valence-corrected chi connectivity index (χ0v) is 19.1. The second kappa shape index (κ2) is 8.94. The summed E-state index contributed by atoms with van der Waals surface area (Å²) in [5, 5.41) is 2.05. The molecule has 154 valence electrons. The molecule has 0 aliphatic rings. The number of thiazole rings is 1. The van der Waals surface area contributed by atoms with Crippen LogP contribution >= 0.6 is 46.1 Å². The van der Waals surface area contributed by atoms with Gasteiger partial charge in [-0.05, 0) is 49.2 Å². The summed E-state index contributed by atoms with van der Waals surface area (Å²) in [7, 11) is 0. The van der Waals surface area contributed by atoms with Gasteiger partial charge in [-0.2, -0.15) is 0 Å². The zero-order valence-electron chi connectivity index (χ0n) is 16.0. The fraction of sp³-hybridized carbons (Fsp3) is 0.190. The number of imidazole rings is 1. The van der Waals surface area contributed by atoms with Gasteiger partial charge in [0.25, 0.3) is 5.91 Å². The van der Waals surface area contributed by atoms with Gasteiger partial charge in [0.1, 0.15) is 0 Å². The standard InChI is InChI=1S/C21H17Cl3N4OS/c1-13-16(23)5-6-18-19(13)26-21(30-18)28(9-2-8-27-10-7-25-12-27)20(29)15-4-3-14(22)11-17(15)24/h3-7,10-12H,2,8-9H2,1H3. The van der Waals surface area contributed by atoms with E-state index >= 15 is 0 Å². The van der Waals surface area contributed by atoms with E-state index in [1.165, 1.54) is 11.3 Å². The molecule has 0 spiro atoms. The molecule has 30 heavy (non-hydrogen) atoms. The summed E-state index contributed by atoms with van der Waals surface area (Å²) >= 11 is 20.0. The van der Waals surface area contributed by atoms with E-state index in [9.17, 15) is 4.79 Å². The number of benzene rings is 2. The average molecular weight is 480 g/mol. The van der Waals surface area contributed by atoms with Gasteiger partial charge < -0.3 is 4.57 Å². The fourth-order valence-electron chi connectivity index (χ4n) is 3.13. The van der Waals surface area contributed by atoms with Crippen LogP contribution in [0.5, 0.6) is 0 Å². The number of halogens is 3. The first-order chi connectivity index (χ1) is 14.4. The molecule has 0 saturated carbocycles. The minimum absolute atomic E-state index is 0.217. The maximum Gasteiger partial charge on any atom is 0.261 e. The molecule has 5 nitrogen and oxygen atoms in total. The first-order valence-electron chi connectivity index (χ1n) is 9.22. The molecular formula is C21H17Cl3N4OS. The largest absolute Gasteiger partial charge is 0.337 e. The number of fused-ring (bicyclic) bond motifs is 1. The van der Waals surface area contributed by atoms with Crippen molar-refractivity contribution in [3.8, 4) is 0 Å². The minimum atomic E-state index is -0.217. The predicted octanol–water partition coefficient (Wildman–Crippen LogP) is 6.50. The molecule has 0 aliphatic carbocycles. The molecule has 0 unspecified atom stereocenters. The van der Waals surface area contributed by atoms with Gasteiger partial charge in [-0.1, -0.05) is 46.1 Å². The van der Waals surface area contributed by atoms with Crippen molar-refractivity contribution in [2.24, 2.45) is 0 Å². The van der Waals surface area contributed by atoms with Crippen LogP contribution < -0.4 is 4.90 Å². The molecule has 0 saturated heterocycles. The molecule has 0 radical (unpaired) electrons. The minimum Gasteiger partial charge on any atom is -0.337 e. The number of carbonyl (C=O) groups is 1. The van der Waals surface area contributed by atoms with Gasteiger partial charge in [-0.15, -0.1) is 0 Å². The number of amides is 1. The van der Waals surface area contributed by atoms with Crippen LogP contribution in [0.1, 0.15) is 22.3 Å². The number of aryl methyl sites for hydroxylation is 2. The van der Waals surface area contributed by atoms with Crippen molar-refractivity contribution in [3.05, 3.63) is 75.2 Å². The number of nitrogens with zero attached hydrogens (tertiary/aromatic N) is 4. The Hall–Kier alpha value is -2.12. The average Bonchev–Trinajstić information content (AvgIpc) is 3.38. The summed E-state index contributed by atoms with van der Waals surface area (Å²) in [5.74, 6) is -0.217. The third-order valence-corrected chi connectivity index (χ3v) is 6.73. The number of anilines is 1. The number of hydrogen-bond acceptors (Lipinski definition) is 4. The molecule has 2 aromatic carbocycles. The maximum atomic E-state index is 13.4. The Labute approximate surface area is 192 Å². The summed E-state index contributed by atoms with van der Waals surface area (Å²) in [6, 6.07) is 8.65. The number of hydrogen-bond donors (Lipinski definition) is 0. The summed E-state index contributed by atoms with van der Waals surface area (Å²) in [5.41, 5.74) is 2.09. The quantitative estimate of drug-likeness (QED) is 0.317. The van der Waals surface area contributed by atoms with Gasteiger partial charge in [0.15, 0.2) is 5.13 Å². The van der Waals surface area contributed by atoms with Gasteiger partial charge in [0.05, 0.1) is 27.1 Å². The lowest BCUT2D eigenvalue weighted by molar-refractivity contribution is 0.0986. The van der Waals surface area contributed by atoms with Crippen LogP contribution in [-0.4, -0.2) is 27.0 Å². The SMILES string of the molecule is Cc1c(Cl)ccc2sc(N(CCCn3ccnc3)C(=O)c3ccc(Cl)cc3Cl)nc12. The molecule has 0 bridgehead atoms. The molecule has 9 heteroatoms. The van der Waals surface area contributed by atoms with E-state index in [0.29, 0.717) is 32.3 Å². The molecule has 0 aliphatic heterocycles. The van der Waals surface area contributed by atoms with E-state index in [1.54, 1.807) is 35.6 Å². The molecular weight excluding hydrogens is 463 g/mol. The van der Waals surface area contributed by atoms with E-state index in [0.717, 1.165) is 28.7 Å². The van der Waals surface area contributed by atoms with Crippen LogP contribution in [0.3, 0.4) is 0 Å². The molecule has 2 heterocycles. The molecule has 0 atom stereocenters. The lowest BCUT2D eigenvalue weighted by atomic mass is 10.2. The first kappa shape index (κ1) is 21.1. The monoisotopic (exact) mass is 478 g/mol. The van der Waals surface area contributed by atoms with Crippen LogP contribution in [0.15, 0.2) is 49.1 Å². The Bertz CT molecular complexity index is 1210. The van der Waals surface area contributed by atoms with Crippen LogP contribution in [0, 0.1) is 6.92 Å². The van der Waals surface area contributed by atoms with Gasteiger partial charge in [0, 0.05) is 35.5 Å². The van der Waals surface area contributed by atoms with Gasteiger partial charge in [0.2, 0.25) is 0 Å². The Morgan fingerprint density at radius 1 is 1.17 bits per heavy atom. The van der Waals surface area contributed by atoms with Gasteiger partial charge in [-0.25, -0.2) is 9.97 Å². The molecule has 2 aromatic heterocycles. The van der Waals surface area contributed by atoms with E-state index in [-0.39, 0.29) is 5.91 Å². The highest BCUT2D eigenvalue weighted by molar-refractivity contribution is 7.22. The Morgan fingerprint density at radius 2 is 2.00 bits per heavy atom. The van der Waals surface area contributed by atoms with E-state index in [4.69, 9.17) is 39.8 Å². The Morgan fingerprint density at radius 3 is 2.73 bits per heavy atom. The highest BCUT2D eigenvalue weighted by Crippen LogP contribution is 2.35. The molecule has 0 fully saturated rings. The smallest absolute Gasteiger partial charge is 0.261 e. The van der Waals surface area contributed by atoms with Crippen LogP contribution in [0.25, 0.3) is 10.2 Å². The lowest BCUT2D eigenvalue weighted by Crippen LogP contribution is -2.32. The first-order valence-corrected chi connectivity index (χ1v) is 11.2. The fourth-order valence-corrected chi connectivity index (χ4v) is 4.82. The zero-order chi connectivity index (χ0) is 21.3. The third-order valence-electron chi connectivity index (χ3n) is 4.73. The summed E-state index contributed by atoms with van der Waals surface area (Å²) < 4.78 is 2.95. The topological polar surface area (TPSA) is 51.0 Å². The number of aromatic nitrogens is 3. The summed E-state index contributed by atoms with van der Waals surface area (Å²) in [6.45, 7) is 3.13. The molecule has 1 amide bonds. The van der Waals surface area contributed by atoms with Crippen molar-refractivity contribution in [1.29, 1.82) is 0 Å². The van der Waals surface area contributed by atoms with Crippen LogP contribution in [0.2, 0.25) is 15.1 Å². The van der Waals surface area contributed by atoms with Crippen LogP contribution in [-0.2, 0) is 6.54 Å². The molecule has 4 aromatic rings. The number of rotatable bonds is 6. The van der Waals surface area contributed by atoms with Crippen molar-refractivity contribution < 1.29 is 4.79 Å². The predicted molar refractivity (Wildman–Crippen MR) is 124 cm³/mol. The highest BCUT2D eigenvalue weighted by Gasteiger charge is 2.23. The van der Waals surface area contributed by atoms with Crippen molar-refractivity contribution in [3.63, 3.8) is 0 Å². The van der Waals surface area contributed by atoms with Crippen molar-refractivity contribution >= 4 is 67.4 Å². The van der Waals surface area contributed by atoms with E-state index < -0.39 is 0 Å². The van der Waals surface area contributed by atoms with Crippen molar-refractivity contribution in [2.75, 3.05) is 11.4 Å². The van der Waals surface area contributed by atoms with E-state index in [1.807, 2.05) is 29.8 Å². The molecule has 0 N–H and O–H groups in total. The lowest BCUT2D eigenvalue weighted by Gasteiger charge is -2.20. The third kappa shape index (κ3) is 4.32. The number of carbonyl (C=O) groups excluding carboxylic acids is 1. The second-order valence-corrected chi connectivity index (χ2v) is 9.01. The van der Waals surface area contributed by atoms with E-state index in [2.05, 4.69) is 4.98 Å². The van der Waals surface area contributed by atoms with Gasteiger partial charge >= 0.3 is 0 Å². The Balaban J connectivity index is 1.69. The summed E-state index contributed by atoms with van der Waals surface area (Å²) in [4.78, 5) is 23.9. The maximum absolute atomic E-state index is 13.4. The molecule has 4 rings (SSSR count).